The third kappa shape index (κ3) is 7.63. The summed E-state index contributed by atoms with van der Waals surface area (Å²) in [5, 5.41) is 0. The van der Waals surface area contributed by atoms with Gasteiger partial charge in [0, 0.05) is 52.7 Å². The maximum Gasteiger partial charge on any atom is 0.0114 e. The molecule has 0 unspecified atom stereocenters. The number of hydrogen-bond acceptors (Lipinski definition) is 0. The first-order chi connectivity index (χ1) is 12.6. The molecule has 2 saturated carbocycles. The van der Waals surface area contributed by atoms with E-state index in [9.17, 15) is 4.39 Å². The maximum atomic E-state index is 13.5. The van der Waals surface area contributed by atoms with Crippen LogP contribution >= 0.6 is 0 Å². The predicted molar refractivity (Wildman–Crippen MR) is 109 cm³/mol. The predicted octanol–water partition coefficient (Wildman–Crippen LogP) is 7.45. The Labute approximate surface area is 205 Å². The molecule has 0 aliphatic heterocycles. The molecule has 158 valence electrons. The monoisotopic (exact) mass is 529 g/mol. The molecule has 2 heteroatoms. The van der Waals surface area contributed by atoms with E-state index in [4.69, 9.17) is 0 Å². The van der Waals surface area contributed by atoms with Gasteiger partial charge in [0.05, 0.1) is 0 Å². The zero-order chi connectivity index (χ0) is 18.4. The Morgan fingerprint density at radius 3 is 2.04 bits per heavy atom. The Morgan fingerprint density at radius 1 is 0.963 bits per heavy atom. The normalized spacial score (nSPS) is 28.4. The summed E-state index contributed by atoms with van der Waals surface area (Å²) in [4.78, 5) is 0. The first kappa shape index (κ1) is 23.7. The zero-order valence-electron chi connectivity index (χ0n) is 16.9. The van der Waals surface area contributed by atoms with E-state index in [-0.39, 0.29) is 52.7 Å². The molecule has 0 atom stereocenters. The van der Waals surface area contributed by atoms with E-state index >= 15 is 0 Å². The van der Waals surface area contributed by atoms with Gasteiger partial charge in [0.2, 0.25) is 0 Å². The SMILES string of the molecule is C=CCCC1CCC(C2CCC(CCc3cc(C)[c-]c(F)c3)CC2)CC1.[Yb]. The van der Waals surface area contributed by atoms with Gasteiger partial charge in [0.1, 0.15) is 0 Å². The van der Waals surface area contributed by atoms with Crippen LogP contribution in [0.4, 0.5) is 4.39 Å². The largest absolute Gasteiger partial charge is 0.236 e. The third-order valence-electron chi connectivity index (χ3n) is 7.10. The van der Waals surface area contributed by atoms with E-state index in [1.807, 2.05) is 6.92 Å². The molecule has 0 N–H and O–H groups in total. The fourth-order valence-electron chi connectivity index (χ4n) is 5.51. The molecule has 3 rings (SSSR count). The number of allylic oxidation sites excluding steroid dienone is 1. The summed E-state index contributed by atoms with van der Waals surface area (Å²) in [7, 11) is 0. The number of aryl methyl sites for hydroxylation is 2. The van der Waals surface area contributed by atoms with Crippen molar-refractivity contribution in [1.29, 1.82) is 0 Å². The second-order valence-corrected chi connectivity index (χ2v) is 8.99. The molecule has 0 radical (unpaired) electrons. The number of halogens is 1. The average molecular weight is 529 g/mol. The Kier molecular flexibility index (Phi) is 10.7. The van der Waals surface area contributed by atoms with Crippen LogP contribution in [-0.4, -0.2) is 0 Å². The maximum absolute atomic E-state index is 13.5. The van der Waals surface area contributed by atoms with Gasteiger partial charge < -0.3 is 0 Å². The average Bonchev–Trinajstić information content (AvgIpc) is 2.65. The van der Waals surface area contributed by atoms with E-state index in [0.29, 0.717) is 0 Å². The first-order valence-electron chi connectivity index (χ1n) is 10.9. The first-order valence-corrected chi connectivity index (χ1v) is 10.9. The molecule has 0 aromatic heterocycles. The minimum absolute atomic E-state index is 0. The minimum atomic E-state index is -0.201. The Hall–Kier alpha value is 0.409. The second-order valence-electron chi connectivity index (χ2n) is 8.99. The molecule has 0 saturated heterocycles. The van der Waals surface area contributed by atoms with Crippen LogP contribution in [0.15, 0.2) is 24.8 Å². The van der Waals surface area contributed by atoms with Gasteiger partial charge in [-0.1, -0.05) is 45.1 Å². The summed E-state index contributed by atoms with van der Waals surface area (Å²) < 4.78 is 13.5. The van der Waals surface area contributed by atoms with E-state index in [0.717, 1.165) is 41.2 Å². The molecule has 2 aliphatic carbocycles. The van der Waals surface area contributed by atoms with Crippen molar-refractivity contribution >= 4 is 0 Å². The molecular weight excluding hydrogens is 492 g/mol. The van der Waals surface area contributed by atoms with Gasteiger partial charge in [0.25, 0.3) is 0 Å². The van der Waals surface area contributed by atoms with Gasteiger partial charge in [0.15, 0.2) is 0 Å². The van der Waals surface area contributed by atoms with Crippen LogP contribution in [0.1, 0.15) is 81.8 Å². The van der Waals surface area contributed by atoms with Crippen LogP contribution in [0.2, 0.25) is 0 Å². The topological polar surface area (TPSA) is 0 Å². The number of rotatable bonds is 7. The van der Waals surface area contributed by atoms with Gasteiger partial charge >= 0.3 is 0 Å². The summed E-state index contributed by atoms with van der Waals surface area (Å²) >= 11 is 0. The van der Waals surface area contributed by atoms with E-state index in [2.05, 4.69) is 24.8 Å². The van der Waals surface area contributed by atoms with E-state index < -0.39 is 0 Å². The van der Waals surface area contributed by atoms with Crippen molar-refractivity contribution in [2.75, 3.05) is 0 Å². The van der Waals surface area contributed by atoms with Crippen LogP contribution in [0, 0.1) is 89.4 Å². The van der Waals surface area contributed by atoms with Gasteiger partial charge in [-0.2, -0.15) is 17.2 Å². The molecule has 1 aromatic rings. The molecule has 0 bridgehead atoms. The molecule has 0 heterocycles. The second kappa shape index (κ2) is 12.2. The minimum Gasteiger partial charge on any atom is -0.236 e. The van der Waals surface area contributed by atoms with Gasteiger partial charge in [-0.3, -0.25) is 0 Å². The Balaban J connectivity index is 0.00000261. The van der Waals surface area contributed by atoms with E-state index in [1.165, 1.54) is 70.6 Å². The van der Waals surface area contributed by atoms with Crippen molar-refractivity contribution in [1.82, 2.24) is 0 Å². The van der Waals surface area contributed by atoms with Gasteiger partial charge in [-0.05, 0) is 68.6 Å². The molecule has 1 aromatic carbocycles. The summed E-state index contributed by atoms with van der Waals surface area (Å²) in [6.45, 7) is 5.80. The quantitative estimate of drug-likeness (QED) is 0.255. The molecular formula is C25H36FYb-. The van der Waals surface area contributed by atoms with Crippen LogP contribution in [-0.2, 0) is 6.42 Å². The zero-order valence-corrected chi connectivity index (χ0v) is 18.6. The summed E-state index contributed by atoms with van der Waals surface area (Å²) in [6.07, 6.45) is 18.4. The van der Waals surface area contributed by atoms with Crippen LogP contribution < -0.4 is 0 Å². The van der Waals surface area contributed by atoms with Crippen molar-refractivity contribution < 1.29 is 51.3 Å². The molecule has 2 aliphatic rings. The van der Waals surface area contributed by atoms with Gasteiger partial charge in [-0.25, -0.2) is 4.39 Å². The van der Waals surface area contributed by atoms with Crippen molar-refractivity contribution in [2.45, 2.75) is 84.0 Å². The fraction of sp³-hybridized carbons (Fsp3) is 0.680. The smallest absolute Gasteiger partial charge is 0.0114 e. The Morgan fingerprint density at radius 2 is 1.52 bits per heavy atom. The third-order valence-corrected chi connectivity index (χ3v) is 7.10. The van der Waals surface area contributed by atoms with Crippen LogP contribution in [0.25, 0.3) is 0 Å². The van der Waals surface area contributed by atoms with Crippen molar-refractivity contribution in [3.05, 3.63) is 47.8 Å². The van der Waals surface area contributed by atoms with Crippen molar-refractivity contribution in [3.8, 4) is 0 Å². The van der Waals surface area contributed by atoms with Crippen LogP contribution in [0.3, 0.4) is 0 Å². The Bertz CT molecular complexity index is 545. The summed E-state index contributed by atoms with van der Waals surface area (Å²) in [6, 6.07) is 6.50. The number of benzene rings is 1. The van der Waals surface area contributed by atoms with Crippen LogP contribution in [0.5, 0.6) is 0 Å². The molecule has 0 nitrogen and oxygen atoms in total. The van der Waals surface area contributed by atoms with Crippen molar-refractivity contribution in [2.24, 2.45) is 23.7 Å². The summed E-state index contributed by atoms with van der Waals surface area (Å²) in [5.74, 6) is 3.60. The molecule has 0 amide bonds. The standard InChI is InChI=1S/C25H36F.Yb/c1-3-4-5-20-8-12-23(13-9-20)24-14-10-21(11-15-24)6-7-22-16-19(2)17-25(26)18-22;/h3,16,18,20-21,23-24H,1,4-15H2,2H3;/q-1;. The van der Waals surface area contributed by atoms with E-state index in [1.54, 1.807) is 6.07 Å². The molecule has 2 fully saturated rings. The summed E-state index contributed by atoms with van der Waals surface area (Å²) in [5.41, 5.74) is 2.08. The van der Waals surface area contributed by atoms with Gasteiger partial charge in [-0.15, -0.1) is 18.7 Å². The molecule has 0 spiro atoms. The molecule has 27 heavy (non-hydrogen) atoms. The number of hydrogen-bond donors (Lipinski definition) is 0. The van der Waals surface area contributed by atoms with Crippen molar-refractivity contribution in [3.63, 3.8) is 0 Å². The fourth-order valence-corrected chi connectivity index (χ4v) is 5.51.